The van der Waals surface area contributed by atoms with Crippen LogP contribution in [-0.2, 0) is 0 Å². The maximum atomic E-state index is 12.6. The standard InChI is InChI=1S/C15H17N3O2/c16-10-5-7-18(8-6-10)15(20)12-9-14(19)17-13-4-2-1-3-11(12)13/h1-4,9-10H,5-8,16H2,(H,17,19). The van der Waals surface area contributed by atoms with Crippen molar-refractivity contribution in [3.05, 3.63) is 46.2 Å². The molecule has 3 rings (SSSR count). The lowest BCUT2D eigenvalue weighted by atomic mass is 10.0. The van der Waals surface area contributed by atoms with Gasteiger partial charge in [0.05, 0.1) is 5.56 Å². The van der Waals surface area contributed by atoms with Crippen molar-refractivity contribution < 1.29 is 4.79 Å². The molecule has 1 aromatic heterocycles. The Morgan fingerprint density at radius 1 is 1.25 bits per heavy atom. The van der Waals surface area contributed by atoms with Crippen molar-refractivity contribution in [3.8, 4) is 0 Å². The minimum Gasteiger partial charge on any atom is -0.339 e. The molecular weight excluding hydrogens is 254 g/mol. The molecule has 0 spiro atoms. The fraction of sp³-hybridized carbons (Fsp3) is 0.333. The average Bonchev–Trinajstić information content (AvgIpc) is 2.46. The highest BCUT2D eigenvalue weighted by atomic mass is 16.2. The van der Waals surface area contributed by atoms with Crippen molar-refractivity contribution in [3.63, 3.8) is 0 Å². The molecular formula is C15H17N3O2. The van der Waals surface area contributed by atoms with E-state index in [-0.39, 0.29) is 17.5 Å². The fourth-order valence-electron chi connectivity index (χ4n) is 2.65. The smallest absolute Gasteiger partial charge is 0.254 e. The van der Waals surface area contributed by atoms with Gasteiger partial charge in [0.1, 0.15) is 0 Å². The second kappa shape index (κ2) is 5.09. The van der Waals surface area contributed by atoms with Gasteiger partial charge < -0.3 is 15.6 Å². The molecule has 0 atom stereocenters. The lowest BCUT2D eigenvalue weighted by Gasteiger charge is -2.30. The Morgan fingerprint density at radius 3 is 2.70 bits per heavy atom. The second-order valence-corrected chi connectivity index (χ2v) is 5.22. The highest BCUT2D eigenvalue weighted by molar-refractivity contribution is 6.05. The third kappa shape index (κ3) is 2.32. The lowest BCUT2D eigenvalue weighted by Crippen LogP contribution is -2.43. The van der Waals surface area contributed by atoms with Crippen molar-refractivity contribution in [1.29, 1.82) is 0 Å². The third-order valence-corrected chi connectivity index (χ3v) is 3.81. The molecule has 1 aliphatic heterocycles. The SMILES string of the molecule is NC1CCN(C(=O)c2cc(=O)[nH]c3ccccc23)CC1. The Balaban J connectivity index is 2.01. The monoisotopic (exact) mass is 271 g/mol. The summed E-state index contributed by atoms with van der Waals surface area (Å²) < 4.78 is 0. The Hall–Kier alpha value is -2.14. The van der Waals surface area contributed by atoms with Crippen molar-refractivity contribution in [2.75, 3.05) is 13.1 Å². The number of carbonyl (C=O) groups is 1. The molecule has 2 heterocycles. The molecule has 1 aromatic carbocycles. The molecule has 1 aliphatic rings. The number of aromatic nitrogens is 1. The van der Waals surface area contributed by atoms with E-state index in [0.29, 0.717) is 24.2 Å². The molecule has 0 unspecified atom stereocenters. The van der Waals surface area contributed by atoms with E-state index in [2.05, 4.69) is 4.98 Å². The van der Waals surface area contributed by atoms with Gasteiger partial charge in [0.2, 0.25) is 5.56 Å². The number of para-hydroxylation sites is 1. The molecule has 0 saturated carbocycles. The molecule has 20 heavy (non-hydrogen) atoms. The topological polar surface area (TPSA) is 79.2 Å². The summed E-state index contributed by atoms with van der Waals surface area (Å²) in [5.41, 5.74) is 6.77. The van der Waals surface area contributed by atoms with Crippen LogP contribution in [0.1, 0.15) is 23.2 Å². The van der Waals surface area contributed by atoms with E-state index in [1.54, 1.807) is 11.0 Å². The Kier molecular flexibility index (Phi) is 3.28. The number of fused-ring (bicyclic) bond motifs is 1. The number of amides is 1. The van der Waals surface area contributed by atoms with Crippen LogP contribution in [0.4, 0.5) is 0 Å². The third-order valence-electron chi connectivity index (χ3n) is 3.81. The van der Waals surface area contributed by atoms with Crippen LogP contribution in [0, 0.1) is 0 Å². The first-order valence-corrected chi connectivity index (χ1v) is 6.82. The first kappa shape index (κ1) is 12.9. The number of rotatable bonds is 1. The van der Waals surface area contributed by atoms with Crippen LogP contribution in [-0.4, -0.2) is 34.9 Å². The van der Waals surface area contributed by atoms with E-state index in [9.17, 15) is 9.59 Å². The number of aromatic amines is 1. The van der Waals surface area contributed by atoms with E-state index >= 15 is 0 Å². The summed E-state index contributed by atoms with van der Waals surface area (Å²) in [5, 5.41) is 0.784. The molecule has 0 bridgehead atoms. The van der Waals surface area contributed by atoms with E-state index < -0.39 is 0 Å². The molecule has 1 saturated heterocycles. The van der Waals surface area contributed by atoms with Gasteiger partial charge in [-0.15, -0.1) is 0 Å². The van der Waals surface area contributed by atoms with Crippen molar-refractivity contribution in [2.24, 2.45) is 5.73 Å². The van der Waals surface area contributed by atoms with Crippen molar-refractivity contribution >= 4 is 16.8 Å². The van der Waals surface area contributed by atoms with Gasteiger partial charge in [-0.2, -0.15) is 0 Å². The summed E-state index contributed by atoms with van der Waals surface area (Å²) in [6.07, 6.45) is 1.62. The summed E-state index contributed by atoms with van der Waals surface area (Å²) in [6.45, 7) is 1.31. The van der Waals surface area contributed by atoms with Crippen LogP contribution in [0.5, 0.6) is 0 Å². The van der Waals surface area contributed by atoms with E-state index in [1.807, 2.05) is 18.2 Å². The second-order valence-electron chi connectivity index (χ2n) is 5.22. The zero-order chi connectivity index (χ0) is 14.1. The lowest BCUT2D eigenvalue weighted by molar-refractivity contribution is 0.0716. The van der Waals surface area contributed by atoms with Crippen LogP contribution < -0.4 is 11.3 Å². The van der Waals surface area contributed by atoms with Gasteiger partial charge in [-0.1, -0.05) is 18.2 Å². The van der Waals surface area contributed by atoms with Gasteiger partial charge in [0.15, 0.2) is 0 Å². The van der Waals surface area contributed by atoms with Gasteiger partial charge in [-0.25, -0.2) is 0 Å². The molecule has 104 valence electrons. The number of hydrogen-bond acceptors (Lipinski definition) is 3. The van der Waals surface area contributed by atoms with Crippen LogP contribution >= 0.6 is 0 Å². The van der Waals surface area contributed by atoms with Crippen LogP contribution in [0.25, 0.3) is 10.9 Å². The Morgan fingerprint density at radius 2 is 1.95 bits per heavy atom. The molecule has 5 heteroatoms. The molecule has 3 N–H and O–H groups in total. The van der Waals surface area contributed by atoms with Gasteiger partial charge in [-0.05, 0) is 18.9 Å². The summed E-state index contributed by atoms with van der Waals surface area (Å²) in [4.78, 5) is 28.8. The predicted molar refractivity (Wildman–Crippen MR) is 77.7 cm³/mol. The maximum absolute atomic E-state index is 12.6. The number of hydrogen-bond donors (Lipinski definition) is 2. The van der Waals surface area contributed by atoms with Gasteiger partial charge in [0, 0.05) is 36.1 Å². The number of nitrogens with zero attached hydrogens (tertiary/aromatic N) is 1. The summed E-state index contributed by atoms with van der Waals surface area (Å²) in [5.74, 6) is -0.0841. The summed E-state index contributed by atoms with van der Waals surface area (Å²) in [6, 6.07) is 8.93. The van der Waals surface area contributed by atoms with E-state index in [0.717, 1.165) is 18.2 Å². The highest BCUT2D eigenvalue weighted by Gasteiger charge is 2.23. The number of benzene rings is 1. The Bertz CT molecular complexity index is 700. The number of pyridine rings is 1. The van der Waals surface area contributed by atoms with Crippen molar-refractivity contribution in [2.45, 2.75) is 18.9 Å². The van der Waals surface area contributed by atoms with E-state index in [4.69, 9.17) is 5.73 Å². The number of nitrogens with two attached hydrogens (primary N) is 1. The zero-order valence-electron chi connectivity index (χ0n) is 11.1. The first-order chi connectivity index (χ1) is 9.65. The van der Waals surface area contributed by atoms with Crippen LogP contribution in [0.3, 0.4) is 0 Å². The average molecular weight is 271 g/mol. The highest BCUT2D eigenvalue weighted by Crippen LogP contribution is 2.18. The number of H-pyrrole nitrogens is 1. The number of nitrogens with one attached hydrogen (secondary N) is 1. The first-order valence-electron chi connectivity index (χ1n) is 6.82. The zero-order valence-corrected chi connectivity index (χ0v) is 11.1. The maximum Gasteiger partial charge on any atom is 0.254 e. The largest absolute Gasteiger partial charge is 0.339 e. The van der Waals surface area contributed by atoms with Gasteiger partial charge in [0.25, 0.3) is 5.91 Å². The molecule has 1 amide bonds. The quantitative estimate of drug-likeness (QED) is 0.815. The van der Waals surface area contributed by atoms with Crippen LogP contribution in [0.15, 0.2) is 35.1 Å². The normalized spacial score (nSPS) is 16.6. The molecule has 2 aromatic rings. The van der Waals surface area contributed by atoms with Crippen molar-refractivity contribution in [1.82, 2.24) is 9.88 Å². The Labute approximate surface area is 116 Å². The summed E-state index contributed by atoms with van der Waals surface area (Å²) in [7, 11) is 0. The van der Waals surface area contributed by atoms with E-state index in [1.165, 1.54) is 6.07 Å². The van der Waals surface area contributed by atoms with Crippen LogP contribution in [0.2, 0.25) is 0 Å². The van der Waals surface area contributed by atoms with Gasteiger partial charge >= 0.3 is 0 Å². The summed E-state index contributed by atoms with van der Waals surface area (Å²) >= 11 is 0. The molecule has 1 fully saturated rings. The van der Waals surface area contributed by atoms with Gasteiger partial charge in [-0.3, -0.25) is 9.59 Å². The minimum atomic E-state index is -0.249. The molecule has 0 radical (unpaired) electrons. The number of piperidine rings is 1. The number of carbonyl (C=O) groups excluding carboxylic acids is 1. The predicted octanol–water partition coefficient (Wildman–Crippen LogP) is 1.09. The molecule has 0 aliphatic carbocycles. The fourth-order valence-corrected chi connectivity index (χ4v) is 2.65. The molecule has 5 nitrogen and oxygen atoms in total. The number of likely N-dealkylation sites (tertiary alicyclic amines) is 1. The minimum absolute atomic E-state index is 0.0841.